The van der Waals surface area contributed by atoms with Crippen LogP contribution in [0.2, 0.25) is 0 Å². The minimum absolute atomic E-state index is 0.119. The second kappa shape index (κ2) is 5.46. The molecular formula is C14H18F2N2O2. The van der Waals surface area contributed by atoms with Crippen LogP contribution in [0.1, 0.15) is 13.8 Å². The first kappa shape index (κ1) is 14.9. The molecule has 20 heavy (non-hydrogen) atoms. The summed E-state index contributed by atoms with van der Waals surface area (Å²) < 4.78 is 25.7. The number of halogens is 2. The number of rotatable bonds is 4. The summed E-state index contributed by atoms with van der Waals surface area (Å²) in [7, 11) is 0. The van der Waals surface area contributed by atoms with E-state index in [1.807, 2.05) is 13.8 Å². The first-order chi connectivity index (χ1) is 9.30. The van der Waals surface area contributed by atoms with Gasteiger partial charge in [-0.1, -0.05) is 13.8 Å². The Morgan fingerprint density at radius 3 is 2.60 bits per heavy atom. The number of amides is 1. The molecule has 0 atom stereocenters. The summed E-state index contributed by atoms with van der Waals surface area (Å²) in [5, 5.41) is 12.6. The van der Waals surface area contributed by atoms with E-state index in [2.05, 4.69) is 5.32 Å². The maximum Gasteiger partial charge on any atom is 0.238 e. The van der Waals surface area contributed by atoms with Crippen LogP contribution in [-0.4, -0.2) is 41.1 Å². The zero-order valence-corrected chi connectivity index (χ0v) is 11.5. The Balaban J connectivity index is 1.84. The van der Waals surface area contributed by atoms with Gasteiger partial charge in [0.2, 0.25) is 5.91 Å². The van der Waals surface area contributed by atoms with Gasteiger partial charge in [-0.15, -0.1) is 0 Å². The highest BCUT2D eigenvalue weighted by Crippen LogP contribution is 2.28. The Labute approximate surface area is 116 Å². The van der Waals surface area contributed by atoms with Crippen molar-refractivity contribution in [2.45, 2.75) is 19.4 Å². The number of likely N-dealkylation sites (tertiary alicyclic amines) is 1. The molecule has 0 radical (unpaired) electrons. The Hall–Kier alpha value is -1.53. The Morgan fingerprint density at radius 2 is 2.05 bits per heavy atom. The summed E-state index contributed by atoms with van der Waals surface area (Å²) >= 11 is 0. The van der Waals surface area contributed by atoms with Crippen molar-refractivity contribution in [1.82, 2.24) is 4.90 Å². The van der Waals surface area contributed by atoms with E-state index < -0.39 is 17.2 Å². The number of nitrogens with zero attached hydrogens (tertiary/aromatic N) is 1. The third kappa shape index (κ3) is 3.13. The molecule has 0 bridgehead atoms. The number of aliphatic hydroxyl groups is 1. The van der Waals surface area contributed by atoms with Crippen LogP contribution in [0.15, 0.2) is 18.2 Å². The molecule has 2 rings (SSSR count). The molecular weight excluding hydrogens is 266 g/mol. The number of nitrogens with one attached hydrogen (secondary N) is 1. The topological polar surface area (TPSA) is 52.6 Å². The monoisotopic (exact) mass is 284 g/mol. The number of benzene rings is 1. The van der Waals surface area contributed by atoms with Crippen molar-refractivity contribution in [2.75, 3.05) is 25.0 Å². The Kier molecular flexibility index (Phi) is 4.06. The maximum absolute atomic E-state index is 13.0. The van der Waals surface area contributed by atoms with E-state index in [0.29, 0.717) is 13.1 Å². The summed E-state index contributed by atoms with van der Waals surface area (Å²) in [5.41, 5.74) is -0.518. The normalized spacial score (nSPS) is 17.9. The zero-order valence-electron chi connectivity index (χ0n) is 11.5. The quantitative estimate of drug-likeness (QED) is 0.883. The highest BCUT2D eigenvalue weighted by Gasteiger charge is 2.43. The van der Waals surface area contributed by atoms with Crippen molar-refractivity contribution >= 4 is 11.6 Å². The van der Waals surface area contributed by atoms with E-state index in [-0.39, 0.29) is 24.1 Å². The van der Waals surface area contributed by atoms with Crippen LogP contribution in [0.25, 0.3) is 0 Å². The number of carbonyl (C=O) groups is 1. The molecule has 6 heteroatoms. The molecule has 4 nitrogen and oxygen atoms in total. The van der Waals surface area contributed by atoms with Gasteiger partial charge in [0.25, 0.3) is 0 Å². The van der Waals surface area contributed by atoms with Gasteiger partial charge in [0, 0.05) is 24.8 Å². The Bertz CT molecular complexity index is 514. The lowest BCUT2D eigenvalue weighted by atomic mass is 9.83. The van der Waals surface area contributed by atoms with Gasteiger partial charge in [0.15, 0.2) is 11.6 Å². The van der Waals surface area contributed by atoms with Crippen LogP contribution in [-0.2, 0) is 4.79 Å². The summed E-state index contributed by atoms with van der Waals surface area (Å²) in [6, 6.07) is 3.21. The molecule has 0 aromatic heterocycles. The molecule has 2 N–H and O–H groups in total. The highest BCUT2D eigenvalue weighted by molar-refractivity contribution is 5.92. The third-order valence-electron chi connectivity index (χ3n) is 3.64. The fourth-order valence-corrected chi connectivity index (χ4v) is 2.18. The van der Waals surface area contributed by atoms with E-state index >= 15 is 0 Å². The van der Waals surface area contributed by atoms with Crippen LogP contribution in [0.5, 0.6) is 0 Å². The highest BCUT2D eigenvalue weighted by atomic mass is 19.2. The van der Waals surface area contributed by atoms with E-state index in [9.17, 15) is 18.7 Å². The van der Waals surface area contributed by atoms with E-state index in [1.165, 1.54) is 6.07 Å². The second-order valence-electron chi connectivity index (χ2n) is 5.58. The molecule has 1 aromatic rings. The van der Waals surface area contributed by atoms with Gasteiger partial charge in [-0.2, -0.15) is 0 Å². The SMILES string of the molecule is CC(C)C1(O)CN(CC(=O)Nc2ccc(F)c(F)c2)C1. The van der Waals surface area contributed by atoms with Gasteiger partial charge in [-0.3, -0.25) is 9.69 Å². The fourth-order valence-electron chi connectivity index (χ4n) is 2.18. The predicted molar refractivity (Wildman–Crippen MR) is 71.2 cm³/mol. The lowest BCUT2D eigenvalue weighted by molar-refractivity contribution is -0.139. The number of anilines is 1. The summed E-state index contributed by atoms with van der Waals surface area (Å²) in [4.78, 5) is 13.5. The number of β-amino-alcohol motifs (C(OH)–C–C–N with tert-alkyl or cyclic N) is 1. The maximum atomic E-state index is 13.0. The smallest absolute Gasteiger partial charge is 0.238 e. The van der Waals surface area contributed by atoms with Crippen LogP contribution >= 0.6 is 0 Å². The van der Waals surface area contributed by atoms with Crippen LogP contribution < -0.4 is 5.32 Å². The molecule has 0 spiro atoms. The van der Waals surface area contributed by atoms with Crippen molar-refractivity contribution in [3.8, 4) is 0 Å². The minimum atomic E-state index is -0.999. The van der Waals surface area contributed by atoms with Crippen molar-refractivity contribution in [1.29, 1.82) is 0 Å². The lowest BCUT2D eigenvalue weighted by Gasteiger charge is -2.48. The molecule has 110 valence electrons. The molecule has 1 aliphatic heterocycles. The van der Waals surface area contributed by atoms with Crippen molar-refractivity contribution in [2.24, 2.45) is 5.92 Å². The van der Waals surface area contributed by atoms with Crippen molar-refractivity contribution in [3.63, 3.8) is 0 Å². The van der Waals surface area contributed by atoms with Crippen LogP contribution in [0.4, 0.5) is 14.5 Å². The number of carbonyl (C=O) groups excluding carboxylic acids is 1. The number of hydrogen-bond acceptors (Lipinski definition) is 3. The molecule has 0 unspecified atom stereocenters. The van der Waals surface area contributed by atoms with E-state index in [4.69, 9.17) is 0 Å². The molecule has 1 aromatic carbocycles. The fraction of sp³-hybridized carbons (Fsp3) is 0.500. The molecule has 1 amide bonds. The summed E-state index contributed by atoms with van der Waals surface area (Å²) in [6.45, 7) is 4.86. The van der Waals surface area contributed by atoms with Gasteiger partial charge in [0.05, 0.1) is 12.1 Å². The molecule has 1 aliphatic rings. The standard InChI is InChI=1S/C14H18F2N2O2/c1-9(2)14(20)7-18(8-14)6-13(19)17-10-3-4-11(15)12(16)5-10/h3-5,9,20H,6-8H2,1-2H3,(H,17,19). The zero-order chi connectivity index (χ0) is 14.9. The average Bonchev–Trinajstić information content (AvgIpc) is 2.31. The van der Waals surface area contributed by atoms with Gasteiger partial charge < -0.3 is 10.4 Å². The van der Waals surface area contributed by atoms with Gasteiger partial charge in [-0.05, 0) is 18.1 Å². The first-order valence-electron chi connectivity index (χ1n) is 6.50. The largest absolute Gasteiger partial charge is 0.387 e. The summed E-state index contributed by atoms with van der Waals surface area (Å²) in [6.07, 6.45) is 0. The predicted octanol–water partition coefficient (Wildman–Crippen LogP) is 1.61. The van der Waals surface area contributed by atoms with Crippen molar-refractivity contribution < 1.29 is 18.7 Å². The minimum Gasteiger partial charge on any atom is -0.387 e. The van der Waals surface area contributed by atoms with Gasteiger partial charge in [-0.25, -0.2) is 8.78 Å². The molecule has 0 aliphatic carbocycles. The molecule has 1 saturated heterocycles. The van der Waals surface area contributed by atoms with Crippen molar-refractivity contribution in [3.05, 3.63) is 29.8 Å². The van der Waals surface area contributed by atoms with Crippen LogP contribution in [0.3, 0.4) is 0 Å². The summed E-state index contributed by atoms with van der Waals surface area (Å²) in [5.74, 6) is -2.14. The average molecular weight is 284 g/mol. The van der Waals surface area contributed by atoms with Crippen LogP contribution in [0, 0.1) is 17.6 Å². The second-order valence-corrected chi connectivity index (χ2v) is 5.58. The van der Waals surface area contributed by atoms with Gasteiger partial charge in [0.1, 0.15) is 0 Å². The molecule has 0 saturated carbocycles. The van der Waals surface area contributed by atoms with E-state index in [0.717, 1.165) is 12.1 Å². The lowest BCUT2D eigenvalue weighted by Crippen LogP contribution is -2.65. The molecule has 1 fully saturated rings. The third-order valence-corrected chi connectivity index (χ3v) is 3.64. The van der Waals surface area contributed by atoms with Gasteiger partial charge >= 0.3 is 0 Å². The number of hydrogen-bond donors (Lipinski definition) is 2. The Morgan fingerprint density at radius 1 is 1.40 bits per heavy atom. The van der Waals surface area contributed by atoms with E-state index in [1.54, 1.807) is 4.90 Å². The first-order valence-corrected chi connectivity index (χ1v) is 6.50. The molecule has 1 heterocycles.